The normalized spacial score (nSPS) is 17.0. The van der Waals surface area contributed by atoms with Crippen molar-refractivity contribution in [1.29, 1.82) is 0 Å². The topological polar surface area (TPSA) is 18.5 Å². The van der Waals surface area contributed by atoms with Crippen LogP contribution in [-0.4, -0.2) is 13.2 Å². The fourth-order valence-electron chi connectivity index (χ4n) is 2.53. The molecule has 0 saturated heterocycles. The van der Waals surface area contributed by atoms with E-state index < -0.39 is 0 Å². The van der Waals surface area contributed by atoms with E-state index in [2.05, 4.69) is 50.1 Å². The maximum Gasteiger partial charge on any atom is 0.122 e. The Morgan fingerprint density at radius 2 is 2.05 bits per heavy atom. The van der Waals surface area contributed by atoms with Crippen molar-refractivity contribution < 1.29 is 9.47 Å². The molecule has 0 fully saturated rings. The second-order valence-corrected chi connectivity index (χ2v) is 6.48. The third kappa shape index (κ3) is 3.43. The van der Waals surface area contributed by atoms with Gasteiger partial charge in [-0.2, -0.15) is 0 Å². The monoisotopic (exact) mass is 410 g/mol. The number of rotatable bonds is 4. The highest BCUT2D eigenvalue weighted by atomic mass is 79.9. The average molecular weight is 412 g/mol. The zero-order valence-electron chi connectivity index (χ0n) is 11.5. The SMILES string of the molecule is BrCc1cc(OCC2CCOc3ccccc32)ccc1Br. The fraction of sp³-hybridized carbons (Fsp3) is 0.294. The lowest BCUT2D eigenvalue weighted by Crippen LogP contribution is -2.19. The molecule has 1 atom stereocenters. The summed E-state index contributed by atoms with van der Waals surface area (Å²) in [5.41, 5.74) is 2.45. The first-order valence-corrected chi connectivity index (χ1v) is 8.88. The minimum Gasteiger partial charge on any atom is -0.493 e. The summed E-state index contributed by atoms with van der Waals surface area (Å²) in [6, 6.07) is 14.3. The van der Waals surface area contributed by atoms with Gasteiger partial charge in [-0.1, -0.05) is 50.1 Å². The van der Waals surface area contributed by atoms with Gasteiger partial charge in [-0.25, -0.2) is 0 Å². The molecule has 0 saturated carbocycles. The van der Waals surface area contributed by atoms with Crippen LogP contribution in [0.5, 0.6) is 11.5 Å². The zero-order chi connectivity index (χ0) is 14.7. The van der Waals surface area contributed by atoms with E-state index in [0.29, 0.717) is 12.5 Å². The number of hydrogen-bond donors (Lipinski definition) is 0. The molecule has 21 heavy (non-hydrogen) atoms. The van der Waals surface area contributed by atoms with Gasteiger partial charge in [0.15, 0.2) is 0 Å². The third-order valence-corrected chi connectivity index (χ3v) is 5.07. The fourth-order valence-corrected chi connectivity index (χ4v) is 3.76. The molecule has 1 unspecified atom stereocenters. The molecule has 2 nitrogen and oxygen atoms in total. The van der Waals surface area contributed by atoms with Crippen molar-refractivity contribution in [3.05, 3.63) is 58.1 Å². The van der Waals surface area contributed by atoms with E-state index in [0.717, 1.165) is 34.3 Å². The summed E-state index contributed by atoms with van der Waals surface area (Å²) in [6.45, 7) is 1.45. The van der Waals surface area contributed by atoms with E-state index in [-0.39, 0.29) is 0 Å². The number of benzene rings is 2. The molecule has 1 aliphatic heterocycles. The lowest BCUT2D eigenvalue weighted by molar-refractivity contribution is 0.217. The molecule has 1 heterocycles. The highest BCUT2D eigenvalue weighted by molar-refractivity contribution is 9.10. The maximum atomic E-state index is 6.00. The molecule has 0 N–H and O–H groups in total. The van der Waals surface area contributed by atoms with Gasteiger partial charge >= 0.3 is 0 Å². The summed E-state index contributed by atoms with van der Waals surface area (Å²) in [7, 11) is 0. The summed E-state index contributed by atoms with van der Waals surface area (Å²) in [4.78, 5) is 0. The minimum atomic E-state index is 0.394. The summed E-state index contributed by atoms with van der Waals surface area (Å²) in [5, 5.41) is 0.810. The van der Waals surface area contributed by atoms with Crippen molar-refractivity contribution in [2.45, 2.75) is 17.7 Å². The Bertz CT molecular complexity index is 628. The summed E-state index contributed by atoms with van der Waals surface area (Å²) < 4.78 is 12.8. The lowest BCUT2D eigenvalue weighted by Gasteiger charge is -2.25. The zero-order valence-corrected chi connectivity index (χ0v) is 14.7. The Morgan fingerprint density at radius 1 is 1.19 bits per heavy atom. The van der Waals surface area contributed by atoms with Crippen LogP contribution in [0, 0.1) is 0 Å². The molecule has 0 aliphatic carbocycles. The molecule has 1 aliphatic rings. The Kier molecular flexibility index (Phi) is 4.86. The van der Waals surface area contributed by atoms with E-state index in [4.69, 9.17) is 9.47 Å². The van der Waals surface area contributed by atoms with Gasteiger partial charge in [-0.05, 0) is 36.2 Å². The predicted molar refractivity (Wildman–Crippen MR) is 91.6 cm³/mol. The molecule has 0 radical (unpaired) electrons. The number of hydrogen-bond acceptors (Lipinski definition) is 2. The summed E-state index contributed by atoms with van der Waals surface area (Å²) >= 11 is 7.03. The number of alkyl halides is 1. The Morgan fingerprint density at radius 3 is 2.90 bits per heavy atom. The van der Waals surface area contributed by atoms with Crippen molar-refractivity contribution >= 4 is 31.9 Å². The van der Waals surface area contributed by atoms with Crippen LogP contribution in [0.15, 0.2) is 46.9 Å². The third-order valence-electron chi connectivity index (χ3n) is 3.70. The van der Waals surface area contributed by atoms with Crippen molar-refractivity contribution in [2.75, 3.05) is 13.2 Å². The first kappa shape index (κ1) is 14.9. The van der Waals surface area contributed by atoms with Crippen LogP contribution < -0.4 is 9.47 Å². The van der Waals surface area contributed by atoms with Crippen LogP contribution in [0.4, 0.5) is 0 Å². The Balaban J connectivity index is 1.71. The lowest BCUT2D eigenvalue weighted by atomic mass is 9.94. The molecule has 0 aromatic heterocycles. The predicted octanol–water partition coefficient (Wildman–Crippen LogP) is 5.29. The van der Waals surface area contributed by atoms with Crippen molar-refractivity contribution in [3.63, 3.8) is 0 Å². The number of para-hydroxylation sites is 1. The second kappa shape index (κ2) is 6.84. The quantitative estimate of drug-likeness (QED) is 0.636. The smallest absolute Gasteiger partial charge is 0.122 e. The van der Waals surface area contributed by atoms with E-state index in [9.17, 15) is 0 Å². The standard InChI is InChI=1S/C17H16Br2O2/c18-10-13-9-14(5-6-16(13)19)21-11-12-7-8-20-17-4-2-1-3-15(12)17/h1-6,9,12H,7-8,10-11H2. The summed E-state index contributed by atoms with van der Waals surface area (Å²) in [5.74, 6) is 2.30. The number of fused-ring (bicyclic) bond motifs is 1. The van der Waals surface area contributed by atoms with Crippen LogP contribution >= 0.6 is 31.9 Å². The highest BCUT2D eigenvalue weighted by Gasteiger charge is 2.21. The second-order valence-electron chi connectivity index (χ2n) is 5.07. The highest BCUT2D eigenvalue weighted by Crippen LogP contribution is 2.34. The van der Waals surface area contributed by atoms with E-state index >= 15 is 0 Å². The van der Waals surface area contributed by atoms with Gasteiger partial charge in [-0.15, -0.1) is 0 Å². The van der Waals surface area contributed by atoms with Gasteiger partial charge in [0.1, 0.15) is 11.5 Å². The minimum absolute atomic E-state index is 0.394. The molecule has 0 spiro atoms. The maximum absolute atomic E-state index is 6.00. The molecular formula is C17H16Br2O2. The Labute approximate surface area is 141 Å². The van der Waals surface area contributed by atoms with Gasteiger partial charge < -0.3 is 9.47 Å². The van der Waals surface area contributed by atoms with Gasteiger partial charge in [0.25, 0.3) is 0 Å². The van der Waals surface area contributed by atoms with Crippen LogP contribution in [-0.2, 0) is 5.33 Å². The summed E-state index contributed by atoms with van der Waals surface area (Å²) in [6.07, 6.45) is 0.999. The molecule has 4 heteroatoms. The van der Waals surface area contributed by atoms with Gasteiger partial charge in [0.05, 0.1) is 13.2 Å². The van der Waals surface area contributed by atoms with Crippen molar-refractivity contribution in [1.82, 2.24) is 0 Å². The largest absolute Gasteiger partial charge is 0.493 e. The number of ether oxygens (including phenoxy) is 2. The first-order valence-electron chi connectivity index (χ1n) is 6.97. The number of halogens is 2. The first-order chi connectivity index (χ1) is 10.3. The van der Waals surface area contributed by atoms with Crippen LogP contribution in [0.1, 0.15) is 23.5 Å². The van der Waals surface area contributed by atoms with Gasteiger partial charge in [0.2, 0.25) is 0 Å². The molecule has 110 valence electrons. The molecule has 0 amide bonds. The van der Waals surface area contributed by atoms with E-state index in [1.54, 1.807) is 0 Å². The van der Waals surface area contributed by atoms with Crippen molar-refractivity contribution in [3.8, 4) is 11.5 Å². The van der Waals surface area contributed by atoms with E-state index in [1.807, 2.05) is 24.3 Å². The van der Waals surface area contributed by atoms with Gasteiger partial charge in [0, 0.05) is 21.3 Å². The molecule has 2 aromatic rings. The van der Waals surface area contributed by atoms with Crippen LogP contribution in [0.3, 0.4) is 0 Å². The molecule has 3 rings (SSSR count). The van der Waals surface area contributed by atoms with E-state index in [1.165, 1.54) is 11.1 Å². The Hall–Kier alpha value is -1.00. The van der Waals surface area contributed by atoms with Crippen LogP contribution in [0.25, 0.3) is 0 Å². The molecule has 0 bridgehead atoms. The molecule has 2 aromatic carbocycles. The van der Waals surface area contributed by atoms with Crippen LogP contribution in [0.2, 0.25) is 0 Å². The average Bonchev–Trinajstić information content (AvgIpc) is 2.54. The molecular weight excluding hydrogens is 396 g/mol. The van der Waals surface area contributed by atoms with Crippen molar-refractivity contribution in [2.24, 2.45) is 0 Å². The van der Waals surface area contributed by atoms with Gasteiger partial charge in [-0.3, -0.25) is 0 Å².